The Morgan fingerprint density at radius 2 is 1.86 bits per heavy atom. The molecule has 1 aromatic rings. The van der Waals surface area contributed by atoms with Gasteiger partial charge in [-0.1, -0.05) is 26.0 Å². The number of rotatable bonds is 4. The second-order valence-corrected chi connectivity index (χ2v) is 6.85. The number of anilines is 1. The maximum atomic E-state index is 11.8. The third-order valence-electron chi connectivity index (χ3n) is 3.09. The van der Waals surface area contributed by atoms with Crippen LogP contribution in [-0.4, -0.2) is 18.3 Å². The molecule has 0 spiro atoms. The van der Waals surface area contributed by atoms with Crippen LogP contribution in [0.3, 0.4) is 0 Å². The second-order valence-electron chi connectivity index (χ2n) is 6.85. The third-order valence-corrected chi connectivity index (χ3v) is 3.09. The molecule has 0 aliphatic rings. The molecule has 1 aromatic carbocycles. The van der Waals surface area contributed by atoms with E-state index in [1.54, 1.807) is 0 Å². The lowest BCUT2D eigenvalue weighted by Crippen LogP contribution is -2.28. The highest BCUT2D eigenvalue weighted by molar-refractivity contribution is 5.86. The van der Waals surface area contributed by atoms with Gasteiger partial charge in [0.25, 0.3) is 0 Å². The van der Waals surface area contributed by atoms with Gasteiger partial charge in [0, 0.05) is 11.1 Å². The first kappa shape index (κ1) is 17.5. The number of carbonyl (C=O) groups excluding carboxylic acids is 1. The van der Waals surface area contributed by atoms with E-state index < -0.39 is 11.7 Å². The molecule has 0 aliphatic heterocycles. The van der Waals surface area contributed by atoms with Crippen LogP contribution < -0.4 is 11.2 Å². The van der Waals surface area contributed by atoms with Gasteiger partial charge in [-0.25, -0.2) is 10.7 Å². The van der Waals surface area contributed by atoms with Crippen molar-refractivity contribution in [2.75, 3.05) is 11.9 Å². The highest BCUT2D eigenvalue weighted by Gasteiger charge is 2.22. The second kappa shape index (κ2) is 6.45. The van der Waals surface area contributed by atoms with Crippen LogP contribution in [0.2, 0.25) is 0 Å². The molecule has 0 saturated heterocycles. The molecule has 0 heterocycles. The molecule has 5 nitrogen and oxygen atoms in total. The zero-order valence-corrected chi connectivity index (χ0v) is 13.7. The SMILES string of the molecule is Cc1cc(C(C)(C)CON)ccc1NC(=O)OC(C)(C)C. The average Bonchev–Trinajstić information content (AvgIpc) is 2.29. The largest absolute Gasteiger partial charge is 0.444 e. The molecule has 1 rings (SSSR count). The van der Waals surface area contributed by atoms with Gasteiger partial charge in [0.15, 0.2) is 0 Å². The van der Waals surface area contributed by atoms with Gasteiger partial charge in [-0.2, -0.15) is 0 Å². The molecule has 0 unspecified atom stereocenters. The maximum Gasteiger partial charge on any atom is 0.412 e. The summed E-state index contributed by atoms with van der Waals surface area (Å²) in [5.41, 5.74) is 2.09. The molecule has 0 radical (unpaired) electrons. The van der Waals surface area contributed by atoms with Crippen LogP contribution in [-0.2, 0) is 15.0 Å². The highest BCUT2D eigenvalue weighted by Crippen LogP contribution is 2.27. The lowest BCUT2D eigenvalue weighted by molar-refractivity contribution is 0.0636. The fourth-order valence-corrected chi connectivity index (χ4v) is 1.93. The van der Waals surface area contributed by atoms with Gasteiger partial charge in [-0.3, -0.25) is 5.32 Å². The summed E-state index contributed by atoms with van der Waals surface area (Å²) in [6.07, 6.45) is -0.456. The molecule has 1 amide bonds. The van der Waals surface area contributed by atoms with Crippen molar-refractivity contribution < 1.29 is 14.4 Å². The summed E-state index contributed by atoms with van der Waals surface area (Å²) in [6.45, 7) is 12.0. The summed E-state index contributed by atoms with van der Waals surface area (Å²) < 4.78 is 5.25. The molecular formula is C16H26N2O3. The number of carbonyl (C=O) groups is 1. The van der Waals surface area contributed by atoms with E-state index in [0.29, 0.717) is 6.61 Å². The van der Waals surface area contributed by atoms with Crippen molar-refractivity contribution in [3.8, 4) is 0 Å². The van der Waals surface area contributed by atoms with E-state index in [2.05, 4.69) is 19.2 Å². The van der Waals surface area contributed by atoms with E-state index in [-0.39, 0.29) is 5.41 Å². The molecular weight excluding hydrogens is 268 g/mol. The quantitative estimate of drug-likeness (QED) is 0.833. The van der Waals surface area contributed by atoms with Crippen molar-refractivity contribution in [2.45, 2.75) is 52.6 Å². The first-order valence-corrected chi connectivity index (χ1v) is 6.98. The van der Waals surface area contributed by atoms with Crippen molar-refractivity contribution in [1.29, 1.82) is 0 Å². The number of benzene rings is 1. The highest BCUT2D eigenvalue weighted by atomic mass is 16.6. The molecule has 0 fully saturated rings. The Kier molecular flexibility index (Phi) is 5.36. The molecule has 0 aromatic heterocycles. The van der Waals surface area contributed by atoms with Gasteiger partial charge in [0.1, 0.15) is 5.60 Å². The average molecular weight is 294 g/mol. The van der Waals surface area contributed by atoms with Crippen LogP contribution in [0.5, 0.6) is 0 Å². The van der Waals surface area contributed by atoms with E-state index in [1.165, 1.54) is 0 Å². The monoisotopic (exact) mass is 294 g/mol. The van der Waals surface area contributed by atoms with Crippen molar-refractivity contribution in [3.05, 3.63) is 29.3 Å². The summed E-state index contributed by atoms with van der Waals surface area (Å²) in [5.74, 6) is 5.17. The van der Waals surface area contributed by atoms with Gasteiger partial charge < -0.3 is 9.57 Å². The van der Waals surface area contributed by atoms with Crippen molar-refractivity contribution in [1.82, 2.24) is 0 Å². The normalized spacial score (nSPS) is 12.1. The van der Waals surface area contributed by atoms with E-state index in [9.17, 15) is 4.79 Å². The summed E-state index contributed by atoms with van der Waals surface area (Å²) in [7, 11) is 0. The Labute approximate surface area is 126 Å². The topological polar surface area (TPSA) is 73.6 Å². The molecule has 118 valence electrons. The molecule has 0 saturated carbocycles. The lowest BCUT2D eigenvalue weighted by Gasteiger charge is -2.25. The van der Waals surface area contributed by atoms with Crippen LogP contribution in [0, 0.1) is 6.92 Å². The Hall–Kier alpha value is -1.59. The number of hydrogen-bond acceptors (Lipinski definition) is 4. The maximum absolute atomic E-state index is 11.8. The number of amides is 1. The molecule has 0 aliphatic carbocycles. The van der Waals surface area contributed by atoms with Crippen LogP contribution in [0.15, 0.2) is 18.2 Å². The zero-order chi connectivity index (χ0) is 16.3. The van der Waals surface area contributed by atoms with Gasteiger partial charge in [-0.05, 0) is 44.9 Å². The summed E-state index contributed by atoms with van der Waals surface area (Å²) in [5, 5.41) is 2.76. The Morgan fingerprint density at radius 1 is 1.24 bits per heavy atom. The van der Waals surface area contributed by atoms with Crippen molar-refractivity contribution >= 4 is 11.8 Å². The molecule has 0 atom stereocenters. The predicted octanol–water partition coefficient (Wildman–Crippen LogP) is 3.51. The summed E-state index contributed by atoms with van der Waals surface area (Å²) in [6, 6.07) is 5.84. The fourth-order valence-electron chi connectivity index (χ4n) is 1.93. The molecule has 21 heavy (non-hydrogen) atoms. The van der Waals surface area contributed by atoms with Crippen LogP contribution in [0.25, 0.3) is 0 Å². The minimum atomic E-state index is -0.515. The van der Waals surface area contributed by atoms with Gasteiger partial charge in [-0.15, -0.1) is 0 Å². The summed E-state index contributed by atoms with van der Waals surface area (Å²) >= 11 is 0. The number of aryl methyl sites for hydroxylation is 1. The van der Waals surface area contributed by atoms with Gasteiger partial charge in [0.2, 0.25) is 0 Å². The van der Waals surface area contributed by atoms with Crippen molar-refractivity contribution in [3.63, 3.8) is 0 Å². The Balaban J connectivity index is 2.86. The van der Waals surface area contributed by atoms with E-state index in [4.69, 9.17) is 15.5 Å². The first-order chi connectivity index (χ1) is 9.55. The molecule has 0 bridgehead atoms. The first-order valence-electron chi connectivity index (χ1n) is 6.98. The minimum Gasteiger partial charge on any atom is -0.444 e. The van der Waals surface area contributed by atoms with E-state index in [1.807, 2.05) is 45.9 Å². The van der Waals surface area contributed by atoms with E-state index >= 15 is 0 Å². The van der Waals surface area contributed by atoms with Crippen LogP contribution >= 0.6 is 0 Å². The van der Waals surface area contributed by atoms with Gasteiger partial charge >= 0.3 is 6.09 Å². The third kappa shape index (κ3) is 5.36. The standard InChI is InChI=1S/C16H26N2O3/c1-11-9-12(16(5,6)10-20-17)7-8-13(11)18-14(19)21-15(2,3)4/h7-9H,10,17H2,1-6H3,(H,18,19). The smallest absolute Gasteiger partial charge is 0.412 e. The number of nitrogens with one attached hydrogen (secondary N) is 1. The number of ether oxygens (including phenoxy) is 1. The minimum absolute atomic E-state index is 0.191. The van der Waals surface area contributed by atoms with E-state index in [0.717, 1.165) is 16.8 Å². The Bertz CT molecular complexity index is 505. The lowest BCUT2D eigenvalue weighted by atomic mass is 9.84. The van der Waals surface area contributed by atoms with Gasteiger partial charge in [0.05, 0.1) is 6.61 Å². The molecule has 3 N–H and O–H groups in total. The summed E-state index contributed by atoms with van der Waals surface area (Å²) in [4.78, 5) is 16.6. The Morgan fingerprint density at radius 3 is 2.33 bits per heavy atom. The number of hydrogen-bond donors (Lipinski definition) is 2. The van der Waals surface area contributed by atoms with Crippen LogP contribution in [0.4, 0.5) is 10.5 Å². The molecule has 5 heteroatoms. The fraction of sp³-hybridized carbons (Fsp3) is 0.562. The van der Waals surface area contributed by atoms with Crippen molar-refractivity contribution in [2.24, 2.45) is 5.90 Å². The number of nitrogens with two attached hydrogens (primary N) is 1. The predicted molar refractivity (Wildman–Crippen MR) is 84.2 cm³/mol. The van der Waals surface area contributed by atoms with Crippen LogP contribution in [0.1, 0.15) is 45.7 Å². The zero-order valence-electron chi connectivity index (χ0n) is 13.7.